The van der Waals surface area contributed by atoms with E-state index in [2.05, 4.69) is 9.97 Å². The number of nitrogens with one attached hydrogen (secondary N) is 1. The lowest BCUT2D eigenvalue weighted by molar-refractivity contribution is 0.555. The van der Waals surface area contributed by atoms with Gasteiger partial charge in [-0.05, 0) is 32.0 Å². The highest BCUT2D eigenvalue weighted by molar-refractivity contribution is 7.15. The second kappa shape index (κ2) is 3.56. The fraction of sp³-hybridized carbons (Fsp3) is 0.167. The van der Waals surface area contributed by atoms with E-state index in [0.717, 1.165) is 16.3 Å². The maximum absolute atomic E-state index is 11.1. The number of thiazole rings is 1. The Balaban J connectivity index is 2.20. The monoisotopic (exact) mass is 246 g/mol. The molecule has 4 nitrogen and oxygen atoms in total. The maximum atomic E-state index is 11.1. The molecule has 0 aliphatic rings. The number of H-pyrrole nitrogens is 1. The molecule has 1 aromatic carbocycles. The van der Waals surface area contributed by atoms with Crippen LogP contribution in [0.4, 0.5) is 0 Å². The van der Waals surface area contributed by atoms with Crippen molar-refractivity contribution in [2.75, 3.05) is 0 Å². The minimum atomic E-state index is -0.427. The van der Waals surface area contributed by atoms with E-state index in [1.54, 1.807) is 11.3 Å². The fourth-order valence-corrected chi connectivity index (χ4v) is 2.59. The number of oxazole rings is 1. The molecule has 0 fully saturated rings. The number of nitrogens with zero attached hydrogens (tertiary/aromatic N) is 1. The van der Waals surface area contributed by atoms with Crippen LogP contribution in [0.2, 0.25) is 0 Å². The number of aromatic nitrogens is 2. The molecule has 0 radical (unpaired) electrons. The zero-order valence-corrected chi connectivity index (χ0v) is 10.2. The van der Waals surface area contributed by atoms with Gasteiger partial charge < -0.3 is 4.42 Å². The van der Waals surface area contributed by atoms with Gasteiger partial charge in [0.1, 0.15) is 5.01 Å². The van der Waals surface area contributed by atoms with Crippen molar-refractivity contribution in [3.63, 3.8) is 0 Å². The molecule has 86 valence electrons. The number of hydrogen-bond acceptors (Lipinski definition) is 4. The van der Waals surface area contributed by atoms with Gasteiger partial charge in [-0.15, -0.1) is 11.3 Å². The minimum absolute atomic E-state index is 0.427. The molecule has 3 rings (SSSR count). The first kappa shape index (κ1) is 10.3. The molecule has 0 saturated heterocycles. The van der Waals surface area contributed by atoms with Gasteiger partial charge in [-0.1, -0.05) is 0 Å². The Morgan fingerprint density at radius 3 is 2.88 bits per heavy atom. The van der Waals surface area contributed by atoms with Gasteiger partial charge >= 0.3 is 5.76 Å². The van der Waals surface area contributed by atoms with E-state index < -0.39 is 5.76 Å². The smallest absolute Gasteiger partial charge is 0.408 e. The van der Waals surface area contributed by atoms with E-state index in [9.17, 15) is 4.79 Å². The molecule has 0 atom stereocenters. The summed E-state index contributed by atoms with van der Waals surface area (Å²) in [6.07, 6.45) is 0. The van der Waals surface area contributed by atoms with Crippen LogP contribution in [0.25, 0.3) is 21.7 Å². The highest BCUT2D eigenvalue weighted by atomic mass is 32.1. The Bertz CT molecular complexity index is 732. The van der Waals surface area contributed by atoms with Gasteiger partial charge in [0.05, 0.1) is 11.2 Å². The van der Waals surface area contributed by atoms with Crippen LogP contribution in [-0.2, 0) is 0 Å². The molecule has 0 aliphatic carbocycles. The third kappa shape index (κ3) is 1.68. The van der Waals surface area contributed by atoms with Crippen LogP contribution >= 0.6 is 11.3 Å². The normalized spacial score (nSPS) is 11.2. The molecule has 0 unspecified atom stereocenters. The van der Waals surface area contributed by atoms with Gasteiger partial charge in [-0.3, -0.25) is 4.98 Å². The highest BCUT2D eigenvalue weighted by Gasteiger charge is 2.08. The van der Waals surface area contributed by atoms with E-state index in [4.69, 9.17) is 4.42 Å². The molecule has 5 heteroatoms. The average Bonchev–Trinajstić information content (AvgIpc) is 2.80. The summed E-state index contributed by atoms with van der Waals surface area (Å²) >= 11 is 1.64. The van der Waals surface area contributed by atoms with Crippen molar-refractivity contribution in [3.05, 3.63) is 39.3 Å². The lowest BCUT2D eigenvalue weighted by atomic mass is 10.2. The van der Waals surface area contributed by atoms with Gasteiger partial charge in [0.25, 0.3) is 0 Å². The SMILES string of the molecule is Cc1nc(-c2ccc3[nH]c(=O)oc3c2)sc1C. The second-order valence-electron chi connectivity index (χ2n) is 3.89. The summed E-state index contributed by atoms with van der Waals surface area (Å²) in [5, 5.41) is 0.950. The molecule has 2 aromatic heterocycles. The number of rotatable bonds is 1. The Morgan fingerprint density at radius 1 is 1.35 bits per heavy atom. The third-order valence-corrected chi connectivity index (χ3v) is 3.82. The van der Waals surface area contributed by atoms with Crippen molar-refractivity contribution in [1.82, 2.24) is 9.97 Å². The molecule has 2 heterocycles. The molecule has 0 spiro atoms. The summed E-state index contributed by atoms with van der Waals surface area (Å²) in [6.45, 7) is 4.04. The van der Waals surface area contributed by atoms with Gasteiger partial charge in [0, 0.05) is 10.4 Å². The van der Waals surface area contributed by atoms with Crippen molar-refractivity contribution in [3.8, 4) is 10.6 Å². The Hall–Kier alpha value is -1.88. The fourth-order valence-electron chi connectivity index (χ4n) is 1.67. The van der Waals surface area contributed by atoms with Crippen LogP contribution in [0.3, 0.4) is 0 Å². The van der Waals surface area contributed by atoms with E-state index in [0.29, 0.717) is 11.1 Å². The zero-order chi connectivity index (χ0) is 12.0. The number of aromatic amines is 1. The Morgan fingerprint density at radius 2 is 2.18 bits per heavy atom. The largest absolute Gasteiger partial charge is 0.417 e. The highest BCUT2D eigenvalue weighted by Crippen LogP contribution is 2.28. The molecule has 17 heavy (non-hydrogen) atoms. The predicted octanol–water partition coefficient (Wildman–Crippen LogP) is 2.86. The van der Waals surface area contributed by atoms with Crippen LogP contribution in [-0.4, -0.2) is 9.97 Å². The number of fused-ring (bicyclic) bond motifs is 1. The maximum Gasteiger partial charge on any atom is 0.417 e. The molecule has 1 N–H and O–H groups in total. The summed E-state index contributed by atoms with van der Waals surface area (Å²) < 4.78 is 5.03. The van der Waals surface area contributed by atoms with Crippen molar-refractivity contribution in [2.24, 2.45) is 0 Å². The van der Waals surface area contributed by atoms with Gasteiger partial charge in [0.15, 0.2) is 5.58 Å². The van der Waals surface area contributed by atoms with Crippen LogP contribution in [0.15, 0.2) is 27.4 Å². The molecule has 3 aromatic rings. The van der Waals surface area contributed by atoms with E-state index in [1.807, 2.05) is 32.0 Å². The lowest BCUT2D eigenvalue weighted by Gasteiger charge is -1.94. The van der Waals surface area contributed by atoms with E-state index in [1.165, 1.54) is 4.88 Å². The first-order valence-electron chi connectivity index (χ1n) is 5.21. The van der Waals surface area contributed by atoms with Crippen LogP contribution < -0.4 is 5.76 Å². The molecular formula is C12H10N2O2S. The van der Waals surface area contributed by atoms with Crippen molar-refractivity contribution < 1.29 is 4.42 Å². The van der Waals surface area contributed by atoms with E-state index >= 15 is 0 Å². The summed E-state index contributed by atoms with van der Waals surface area (Å²) in [4.78, 5) is 19.4. The predicted molar refractivity (Wildman–Crippen MR) is 67.4 cm³/mol. The summed E-state index contributed by atoms with van der Waals surface area (Å²) in [7, 11) is 0. The molecular weight excluding hydrogens is 236 g/mol. The van der Waals surface area contributed by atoms with Crippen LogP contribution in [0.1, 0.15) is 10.6 Å². The Labute approximate surface area is 101 Å². The molecule has 0 saturated carbocycles. The average molecular weight is 246 g/mol. The second-order valence-corrected chi connectivity index (χ2v) is 5.09. The van der Waals surface area contributed by atoms with Crippen LogP contribution in [0.5, 0.6) is 0 Å². The standard InChI is InChI=1S/C12H10N2O2S/c1-6-7(2)17-11(13-6)8-3-4-9-10(5-8)16-12(15)14-9/h3-5H,1-2H3,(H,14,15). The molecule has 0 amide bonds. The minimum Gasteiger partial charge on any atom is -0.408 e. The quantitative estimate of drug-likeness (QED) is 0.718. The number of aryl methyl sites for hydroxylation is 2. The number of hydrogen-bond donors (Lipinski definition) is 1. The van der Waals surface area contributed by atoms with Gasteiger partial charge in [-0.25, -0.2) is 9.78 Å². The third-order valence-electron chi connectivity index (χ3n) is 2.70. The first-order chi connectivity index (χ1) is 8.13. The van der Waals surface area contributed by atoms with Crippen molar-refractivity contribution >= 4 is 22.4 Å². The van der Waals surface area contributed by atoms with Crippen molar-refractivity contribution in [1.29, 1.82) is 0 Å². The molecule has 0 bridgehead atoms. The summed E-state index contributed by atoms with van der Waals surface area (Å²) in [6, 6.07) is 5.61. The lowest BCUT2D eigenvalue weighted by Crippen LogP contribution is -1.92. The number of benzene rings is 1. The molecule has 0 aliphatic heterocycles. The summed E-state index contributed by atoms with van der Waals surface area (Å²) in [5.74, 6) is -0.427. The van der Waals surface area contributed by atoms with Gasteiger partial charge in [-0.2, -0.15) is 0 Å². The van der Waals surface area contributed by atoms with Crippen molar-refractivity contribution in [2.45, 2.75) is 13.8 Å². The van der Waals surface area contributed by atoms with Gasteiger partial charge in [0.2, 0.25) is 0 Å². The zero-order valence-electron chi connectivity index (χ0n) is 9.40. The van der Waals surface area contributed by atoms with E-state index in [-0.39, 0.29) is 0 Å². The topological polar surface area (TPSA) is 58.9 Å². The summed E-state index contributed by atoms with van der Waals surface area (Å²) in [5.41, 5.74) is 3.30. The van der Waals surface area contributed by atoms with Crippen LogP contribution in [0, 0.1) is 13.8 Å². The first-order valence-corrected chi connectivity index (χ1v) is 6.02. The Kier molecular flexibility index (Phi) is 2.16.